The van der Waals surface area contributed by atoms with Gasteiger partial charge in [0.05, 0.1) is 18.8 Å². The quantitative estimate of drug-likeness (QED) is 0.435. The molecule has 0 aliphatic carbocycles. The molecule has 4 atom stereocenters. The van der Waals surface area contributed by atoms with E-state index in [1.807, 2.05) is 54.6 Å². The van der Waals surface area contributed by atoms with Gasteiger partial charge in [0.2, 0.25) is 0 Å². The highest BCUT2D eigenvalue weighted by molar-refractivity contribution is 6.04. The van der Waals surface area contributed by atoms with Gasteiger partial charge in [-0.3, -0.25) is 4.79 Å². The van der Waals surface area contributed by atoms with Crippen molar-refractivity contribution in [3.63, 3.8) is 0 Å². The molecule has 37 heavy (non-hydrogen) atoms. The maximum absolute atomic E-state index is 12.5. The average molecular weight is 501 g/mol. The van der Waals surface area contributed by atoms with Crippen molar-refractivity contribution in [1.29, 1.82) is 0 Å². The van der Waals surface area contributed by atoms with E-state index in [1.165, 1.54) is 19.3 Å². The lowest BCUT2D eigenvalue weighted by molar-refractivity contribution is -0.276. The van der Waals surface area contributed by atoms with Crippen LogP contribution in [0.2, 0.25) is 0 Å². The third-order valence-electron chi connectivity index (χ3n) is 7.49. The predicted octanol–water partition coefficient (Wildman–Crippen LogP) is 5.71. The number of benzene rings is 3. The van der Waals surface area contributed by atoms with E-state index < -0.39 is 6.29 Å². The molecule has 2 aliphatic heterocycles. The monoisotopic (exact) mass is 500 g/mol. The van der Waals surface area contributed by atoms with Crippen molar-refractivity contribution < 1.29 is 19.4 Å². The van der Waals surface area contributed by atoms with Crippen molar-refractivity contribution >= 4 is 11.6 Å². The van der Waals surface area contributed by atoms with E-state index in [0.29, 0.717) is 5.56 Å². The van der Waals surface area contributed by atoms with Crippen molar-refractivity contribution in [3.05, 3.63) is 101 Å². The van der Waals surface area contributed by atoms with Gasteiger partial charge in [0.25, 0.3) is 5.91 Å². The van der Waals surface area contributed by atoms with E-state index in [0.717, 1.165) is 42.0 Å². The van der Waals surface area contributed by atoms with Gasteiger partial charge in [-0.15, -0.1) is 0 Å². The van der Waals surface area contributed by atoms with Gasteiger partial charge < -0.3 is 24.8 Å². The molecule has 194 valence electrons. The van der Waals surface area contributed by atoms with Crippen LogP contribution in [0.15, 0.2) is 78.9 Å². The summed E-state index contributed by atoms with van der Waals surface area (Å²) in [5.74, 6) is 0.0305. The molecule has 1 amide bonds. The molecule has 6 nitrogen and oxygen atoms in total. The summed E-state index contributed by atoms with van der Waals surface area (Å²) in [6.45, 7) is 5.35. The molecule has 0 bridgehead atoms. The Morgan fingerprint density at radius 1 is 0.892 bits per heavy atom. The van der Waals surface area contributed by atoms with E-state index in [-0.39, 0.29) is 30.6 Å². The molecule has 0 aromatic heterocycles. The Bertz CT molecular complexity index is 1140. The normalized spacial score (nSPS) is 24.5. The second kappa shape index (κ2) is 12.0. The number of likely N-dealkylation sites (tertiary alicyclic amines) is 1. The summed E-state index contributed by atoms with van der Waals surface area (Å²) >= 11 is 0. The minimum Gasteiger partial charge on any atom is -0.392 e. The Morgan fingerprint density at radius 2 is 1.57 bits per heavy atom. The maximum Gasteiger partial charge on any atom is 0.255 e. The number of ether oxygens (including phenoxy) is 2. The van der Waals surface area contributed by atoms with Crippen LogP contribution in [0.25, 0.3) is 0 Å². The molecule has 3 aromatic carbocycles. The second-order valence-electron chi connectivity index (χ2n) is 10.1. The van der Waals surface area contributed by atoms with E-state index in [1.54, 1.807) is 12.1 Å². The summed E-state index contributed by atoms with van der Waals surface area (Å²) in [6, 6.07) is 24.9. The molecule has 0 saturated carbocycles. The van der Waals surface area contributed by atoms with Crippen LogP contribution in [0.4, 0.5) is 5.69 Å². The van der Waals surface area contributed by atoms with Crippen molar-refractivity contribution in [3.8, 4) is 0 Å². The fraction of sp³-hybridized carbons (Fsp3) is 0.387. The maximum atomic E-state index is 12.5. The lowest BCUT2D eigenvalue weighted by Gasteiger charge is -2.43. The SMILES string of the molecule is C[C@@H]1[C@H](CN2CCCCC2)O[C@H](c2ccc(NC(=O)c3ccccc3)cc2)O[C@@H]1c1ccc(CO)cc1. The zero-order valence-corrected chi connectivity index (χ0v) is 21.4. The number of piperidine rings is 1. The molecule has 0 spiro atoms. The van der Waals surface area contributed by atoms with Crippen LogP contribution in [-0.2, 0) is 16.1 Å². The van der Waals surface area contributed by atoms with E-state index in [2.05, 4.69) is 29.3 Å². The minimum absolute atomic E-state index is 0.0248. The van der Waals surface area contributed by atoms with Gasteiger partial charge in [-0.2, -0.15) is 0 Å². The second-order valence-corrected chi connectivity index (χ2v) is 10.1. The first-order valence-electron chi connectivity index (χ1n) is 13.3. The van der Waals surface area contributed by atoms with Gasteiger partial charge in [0.15, 0.2) is 6.29 Å². The van der Waals surface area contributed by atoms with Crippen LogP contribution < -0.4 is 5.32 Å². The van der Waals surface area contributed by atoms with Crippen LogP contribution in [0, 0.1) is 5.92 Å². The number of aliphatic hydroxyl groups excluding tert-OH is 1. The van der Waals surface area contributed by atoms with E-state index in [4.69, 9.17) is 9.47 Å². The van der Waals surface area contributed by atoms with Crippen molar-refractivity contribution in [1.82, 2.24) is 4.90 Å². The van der Waals surface area contributed by atoms with Gasteiger partial charge in [-0.1, -0.05) is 67.9 Å². The van der Waals surface area contributed by atoms with Gasteiger partial charge in [-0.25, -0.2) is 0 Å². The summed E-state index contributed by atoms with van der Waals surface area (Å²) in [4.78, 5) is 15.0. The number of aliphatic hydroxyl groups is 1. The molecular formula is C31H36N2O4. The first-order chi connectivity index (χ1) is 18.1. The largest absolute Gasteiger partial charge is 0.392 e. The lowest BCUT2D eigenvalue weighted by Crippen LogP contribution is -2.45. The Hall–Kier alpha value is -3.03. The van der Waals surface area contributed by atoms with Crippen LogP contribution in [-0.4, -0.2) is 41.7 Å². The highest BCUT2D eigenvalue weighted by Gasteiger charge is 2.39. The Morgan fingerprint density at radius 3 is 2.24 bits per heavy atom. The number of carbonyl (C=O) groups excluding carboxylic acids is 1. The fourth-order valence-electron chi connectivity index (χ4n) is 5.24. The minimum atomic E-state index is -0.507. The summed E-state index contributed by atoms with van der Waals surface area (Å²) in [7, 11) is 0. The first-order valence-corrected chi connectivity index (χ1v) is 13.3. The standard InChI is InChI=1S/C31H36N2O4/c1-22-28(20-33-18-6-3-7-19-33)36-31(37-29(22)24-12-10-23(21-34)11-13-24)26-14-16-27(17-15-26)32-30(35)25-8-4-2-5-9-25/h2,4-5,8-17,22,28-29,31,34H,3,6-7,18-21H2,1H3,(H,32,35)/t22-,28+,29+,31+/m1/s1. The van der Waals surface area contributed by atoms with Gasteiger partial charge >= 0.3 is 0 Å². The van der Waals surface area contributed by atoms with Gasteiger partial charge in [-0.05, 0) is 61.3 Å². The van der Waals surface area contributed by atoms with E-state index in [9.17, 15) is 9.90 Å². The summed E-state index contributed by atoms with van der Waals surface area (Å²) in [6.07, 6.45) is 3.17. The van der Waals surface area contributed by atoms with E-state index >= 15 is 0 Å². The topological polar surface area (TPSA) is 71.0 Å². The number of carbonyl (C=O) groups is 1. The highest BCUT2D eigenvalue weighted by Crippen LogP contribution is 2.42. The summed E-state index contributed by atoms with van der Waals surface area (Å²) < 4.78 is 13.1. The molecule has 2 heterocycles. The van der Waals surface area contributed by atoms with Crippen molar-refractivity contribution in [2.75, 3.05) is 25.0 Å². The number of hydrogen-bond acceptors (Lipinski definition) is 5. The number of nitrogens with zero attached hydrogens (tertiary/aromatic N) is 1. The molecule has 2 saturated heterocycles. The molecule has 2 N–H and O–H groups in total. The average Bonchev–Trinajstić information content (AvgIpc) is 2.96. The molecule has 3 aromatic rings. The Labute approximate surface area is 219 Å². The predicted molar refractivity (Wildman–Crippen MR) is 144 cm³/mol. The van der Waals surface area contributed by atoms with Gasteiger partial charge in [0, 0.05) is 29.3 Å². The van der Waals surface area contributed by atoms with Crippen LogP contribution in [0.3, 0.4) is 0 Å². The molecule has 0 radical (unpaired) electrons. The van der Waals surface area contributed by atoms with Crippen molar-refractivity contribution in [2.24, 2.45) is 5.92 Å². The number of anilines is 1. The zero-order valence-electron chi connectivity index (χ0n) is 21.4. The summed E-state index contributed by atoms with van der Waals surface area (Å²) in [5, 5.41) is 12.4. The molecule has 5 rings (SSSR count). The third-order valence-corrected chi connectivity index (χ3v) is 7.49. The molecular weight excluding hydrogens is 464 g/mol. The molecule has 0 unspecified atom stereocenters. The molecule has 2 fully saturated rings. The number of amides is 1. The third kappa shape index (κ3) is 6.28. The Balaban J connectivity index is 1.34. The lowest BCUT2D eigenvalue weighted by atomic mass is 9.89. The first kappa shape index (κ1) is 25.6. The molecule has 2 aliphatic rings. The number of nitrogens with one attached hydrogen (secondary N) is 1. The fourth-order valence-corrected chi connectivity index (χ4v) is 5.24. The van der Waals surface area contributed by atoms with Crippen LogP contribution in [0.1, 0.15) is 65.6 Å². The highest BCUT2D eigenvalue weighted by atomic mass is 16.7. The zero-order chi connectivity index (χ0) is 25.6. The van der Waals surface area contributed by atoms with Crippen molar-refractivity contribution in [2.45, 2.75) is 51.3 Å². The molecule has 6 heteroatoms. The summed E-state index contributed by atoms with van der Waals surface area (Å²) in [5.41, 5.74) is 4.24. The smallest absolute Gasteiger partial charge is 0.255 e. The van der Waals surface area contributed by atoms with Crippen LogP contribution >= 0.6 is 0 Å². The van der Waals surface area contributed by atoms with Gasteiger partial charge in [0.1, 0.15) is 0 Å². The van der Waals surface area contributed by atoms with Crippen LogP contribution in [0.5, 0.6) is 0 Å². The Kier molecular flexibility index (Phi) is 8.31. The number of hydrogen-bond donors (Lipinski definition) is 2. The number of rotatable bonds is 7.